The van der Waals surface area contributed by atoms with E-state index in [4.69, 9.17) is 4.74 Å². The molecule has 0 aliphatic rings. The molecule has 0 aliphatic heterocycles. The molecule has 1 amide bonds. The van der Waals surface area contributed by atoms with Crippen molar-refractivity contribution >= 4 is 39.9 Å². The van der Waals surface area contributed by atoms with Crippen LogP contribution < -0.4 is 5.32 Å². The fourth-order valence-corrected chi connectivity index (χ4v) is 3.84. The van der Waals surface area contributed by atoms with Crippen molar-refractivity contribution in [2.24, 2.45) is 5.92 Å². The molecule has 0 unspecified atom stereocenters. The monoisotopic (exact) mass is 412 g/mol. The van der Waals surface area contributed by atoms with Crippen LogP contribution in [0.5, 0.6) is 0 Å². The lowest BCUT2D eigenvalue weighted by atomic mass is 10.0. The van der Waals surface area contributed by atoms with Gasteiger partial charge in [0.15, 0.2) is 6.10 Å². The molecule has 0 saturated heterocycles. The number of hydrogen-bond acceptors (Lipinski definition) is 5. The number of amides is 1. The number of H-pyrrole nitrogens is 1. The smallest absolute Gasteiger partial charge is 0.329 e. The van der Waals surface area contributed by atoms with Gasteiger partial charge in [-0.1, -0.05) is 38.1 Å². The number of nitrogens with one attached hydrogen (secondary N) is 2. The quantitative estimate of drug-likeness (QED) is 0.452. The number of para-hydroxylation sites is 1. The molecule has 29 heavy (non-hydrogen) atoms. The van der Waals surface area contributed by atoms with Crippen LogP contribution in [0, 0.1) is 12.8 Å². The predicted octanol–water partition coefficient (Wildman–Crippen LogP) is 4.11. The third-order valence-electron chi connectivity index (χ3n) is 4.75. The van der Waals surface area contributed by atoms with Crippen LogP contribution in [-0.4, -0.2) is 34.8 Å². The van der Waals surface area contributed by atoms with E-state index in [0.717, 1.165) is 16.6 Å². The molecule has 1 aromatic carbocycles. The van der Waals surface area contributed by atoms with E-state index in [9.17, 15) is 14.4 Å². The number of ketones is 1. The molecule has 2 N–H and O–H groups in total. The second-order valence-corrected chi connectivity index (χ2v) is 8.23. The number of aromatic amines is 1. The Hall–Kier alpha value is -2.93. The molecule has 3 aromatic rings. The zero-order valence-corrected chi connectivity index (χ0v) is 17.6. The van der Waals surface area contributed by atoms with Crippen molar-refractivity contribution in [2.45, 2.75) is 39.8 Å². The van der Waals surface area contributed by atoms with Crippen molar-refractivity contribution in [3.63, 3.8) is 0 Å². The summed E-state index contributed by atoms with van der Waals surface area (Å²) in [6.07, 6.45) is -0.972. The molecular weight excluding hydrogens is 388 g/mol. The van der Waals surface area contributed by atoms with Gasteiger partial charge in [-0.2, -0.15) is 0 Å². The molecule has 0 spiro atoms. The van der Waals surface area contributed by atoms with Gasteiger partial charge in [-0.05, 0) is 37.3 Å². The van der Waals surface area contributed by atoms with Gasteiger partial charge in [0.2, 0.25) is 5.78 Å². The third-order valence-corrected chi connectivity index (χ3v) is 5.62. The summed E-state index contributed by atoms with van der Waals surface area (Å²) in [7, 11) is 0. The number of carbonyl (C=O) groups is 3. The van der Waals surface area contributed by atoms with Gasteiger partial charge in [0.05, 0.1) is 4.88 Å². The molecule has 2 atom stereocenters. The van der Waals surface area contributed by atoms with E-state index < -0.39 is 18.1 Å². The normalized spacial score (nSPS) is 13.3. The minimum absolute atomic E-state index is 0.191. The second-order valence-electron chi connectivity index (χ2n) is 7.29. The highest BCUT2D eigenvalue weighted by molar-refractivity contribution is 7.12. The topological polar surface area (TPSA) is 88.3 Å². The minimum Gasteiger partial charge on any atom is -0.453 e. The van der Waals surface area contributed by atoms with Crippen molar-refractivity contribution in [2.75, 3.05) is 0 Å². The van der Waals surface area contributed by atoms with Crippen LogP contribution in [-0.2, 0) is 9.53 Å². The van der Waals surface area contributed by atoms with Gasteiger partial charge in [-0.3, -0.25) is 9.59 Å². The molecule has 0 radical (unpaired) electrons. The van der Waals surface area contributed by atoms with Crippen LogP contribution >= 0.6 is 11.3 Å². The van der Waals surface area contributed by atoms with Gasteiger partial charge in [-0.25, -0.2) is 4.79 Å². The third kappa shape index (κ3) is 4.40. The van der Waals surface area contributed by atoms with E-state index in [0.29, 0.717) is 10.4 Å². The molecule has 7 heteroatoms. The number of Topliss-reactive ketones (excluding diaryl/α,β-unsaturated/α-hetero) is 1. The lowest BCUT2D eigenvalue weighted by Crippen LogP contribution is -2.46. The van der Waals surface area contributed by atoms with Gasteiger partial charge in [0, 0.05) is 22.2 Å². The highest BCUT2D eigenvalue weighted by atomic mass is 32.1. The maximum atomic E-state index is 13.0. The van der Waals surface area contributed by atoms with Gasteiger partial charge < -0.3 is 15.0 Å². The maximum absolute atomic E-state index is 13.0. The van der Waals surface area contributed by atoms with Crippen molar-refractivity contribution in [1.29, 1.82) is 0 Å². The Morgan fingerprint density at radius 2 is 1.79 bits per heavy atom. The largest absolute Gasteiger partial charge is 0.453 e. The average Bonchev–Trinajstić information content (AvgIpc) is 3.32. The lowest BCUT2D eigenvalue weighted by Gasteiger charge is -2.22. The first kappa shape index (κ1) is 20.8. The lowest BCUT2D eigenvalue weighted by molar-refractivity contribution is -0.149. The summed E-state index contributed by atoms with van der Waals surface area (Å²) in [6, 6.07) is 10.1. The summed E-state index contributed by atoms with van der Waals surface area (Å²) in [4.78, 5) is 41.8. The molecule has 3 rings (SSSR count). The van der Waals surface area contributed by atoms with E-state index in [1.54, 1.807) is 24.4 Å². The van der Waals surface area contributed by atoms with Crippen molar-refractivity contribution in [3.05, 3.63) is 57.9 Å². The SMILES string of the molecule is Cc1[nH]c2ccccc2c1C(=O)[C@H](C)OC(=O)[C@H](NC(=O)c1cccs1)C(C)C. The van der Waals surface area contributed by atoms with E-state index in [2.05, 4.69) is 10.3 Å². The summed E-state index contributed by atoms with van der Waals surface area (Å²) < 4.78 is 5.47. The Balaban J connectivity index is 1.74. The minimum atomic E-state index is -0.972. The predicted molar refractivity (Wildman–Crippen MR) is 113 cm³/mol. The van der Waals surface area contributed by atoms with Crippen LogP contribution in [0.15, 0.2) is 41.8 Å². The second kappa shape index (κ2) is 8.61. The van der Waals surface area contributed by atoms with Crippen molar-refractivity contribution in [3.8, 4) is 0 Å². The van der Waals surface area contributed by atoms with Gasteiger partial charge in [-0.15, -0.1) is 11.3 Å². The molecule has 6 nitrogen and oxygen atoms in total. The number of aromatic nitrogens is 1. The molecule has 0 saturated carbocycles. The first-order valence-electron chi connectivity index (χ1n) is 9.46. The van der Waals surface area contributed by atoms with E-state index in [-0.39, 0.29) is 17.6 Å². The number of carbonyl (C=O) groups excluding carboxylic acids is 3. The Labute approximate surface area is 173 Å². The highest BCUT2D eigenvalue weighted by Crippen LogP contribution is 2.24. The highest BCUT2D eigenvalue weighted by Gasteiger charge is 2.31. The molecule has 2 heterocycles. The summed E-state index contributed by atoms with van der Waals surface area (Å²) in [5.74, 6) is -1.42. The summed E-state index contributed by atoms with van der Waals surface area (Å²) >= 11 is 1.29. The Morgan fingerprint density at radius 1 is 1.07 bits per heavy atom. The Kier molecular flexibility index (Phi) is 6.17. The number of aryl methyl sites for hydroxylation is 1. The van der Waals surface area contributed by atoms with Gasteiger partial charge in [0.25, 0.3) is 5.91 Å². The number of fused-ring (bicyclic) bond motifs is 1. The maximum Gasteiger partial charge on any atom is 0.329 e. The fourth-order valence-electron chi connectivity index (χ4n) is 3.22. The average molecular weight is 413 g/mol. The Bertz CT molecular complexity index is 1040. The van der Waals surface area contributed by atoms with Crippen LogP contribution in [0.1, 0.15) is 46.5 Å². The standard InChI is InChI=1S/C22H24N2O4S/c1-12(2)19(24-21(26)17-10-7-11-29-17)22(27)28-14(4)20(25)18-13(3)23-16-9-6-5-8-15(16)18/h5-12,14,19,23H,1-4H3,(H,24,26)/t14-,19+/m0/s1. The number of thiophene rings is 1. The Morgan fingerprint density at radius 3 is 2.45 bits per heavy atom. The van der Waals surface area contributed by atoms with Crippen molar-refractivity contribution in [1.82, 2.24) is 10.3 Å². The van der Waals surface area contributed by atoms with E-state index >= 15 is 0 Å². The fraction of sp³-hybridized carbons (Fsp3) is 0.318. The molecule has 0 bridgehead atoms. The number of benzene rings is 1. The van der Waals surface area contributed by atoms with E-state index in [1.165, 1.54) is 11.3 Å². The van der Waals surface area contributed by atoms with Gasteiger partial charge in [0.1, 0.15) is 6.04 Å². The molecule has 2 aromatic heterocycles. The number of rotatable bonds is 7. The first-order valence-corrected chi connectivity index (χ1v) is 10.3. The molecule has 152 valence electrons. The zero-order valence-electron chi connectivity index (χ0n) is 16.8. The molecule has 0 fully saturated rings. The van der Waals surface area contributed by atoms with Crippen LogP contribution in [0.4, 0.5) is 0 Å². The zero-order chi connectivity index (χ0) is 21.1. The van der Waals surface area contributed by atoms with Crippen molar-refractivity contribution < 1.29 is 19.1 Å². The van der Waals surface area contributed by atoms with Crippen LogP contribution in [0.2, 0.25) is 0 Å². The van der Waals surface area contributed by atoms with Gasteiger partial charge >= 0.3 is 5.97 Å². The van der Waals surface area contributed by atoms with Crippen LogP contribution in [0.25, 0.3) is 10.9 Å². The first-order chi connectivity index (χ1) is 13.8. The van der Waals surface area contributed by atoms with E-state index in [1.807, 2.05) is 45.0 Å². The number of hydrogen-bond donors (Lipinski definition) is 2. The molecule has 0 aliphatic carbocycles. The summed E-state index contributed by atoms with van der Waals surface area (Å²) in [6.45, 7) is 7.01. The summed E-state index contributed by atoms with van der Waals surface area (Å²) in [5, 5.41) is 5.31. The number of esters is 1. The number of ether oxygens (including phenoxy) is 1. The summed E-state index contributed by atoms with van der Waals surface area (Å²) in [5.41, 5.74) is 2.10. The molecular formula is C22H24N2O4S. The van der Waals surface area contributed by atoms with Crippen LogP contribution in [0.3, 0.4) is 0 Å².